The molecule has 2 rings (SSSR count). The number of halogens is 1. The summed E-state index contributed by atoms with van der Waals surface area (Å²) in [5.74, 6) is -1.18. The number of nitrogens with zero attached hydrogens (tertiary/aromatic N) is 1. The number of carboxylic acids is 1. The smallest absolute Gasteiger partial charge is 0.334 e. The lowest BCUT2D eigenvalue weighted by molar-refractivity contribution is -0.156. The van der Waals surface area contributed by atoms with Crippen LogP contribution in [0.2, 0.25) is 0 Å². The van der Waals surface area contributed by atoms with Crippen LogP contribution in [0.15, 0.2) is 18.2 Å². The minimum Gasteiger partial charge on any atom is -0.494 e. The Labute approximate surface area is 110 Å². The molecule has 5 nitrogen and oxygen atoms in total. The molecule has 0 radical (unpaired) electrons. The summed E-state index contributed by atoms with van der Waals surface area (Å²) in [7, 11) is 1.41. The summed E-state index contributed by atoms with van der Waals surface area (Å²) in [5, 5.41) is 8.91. The number of morpholine rings is 1. The number of ether oxygens (including phenoxy) is 2. The molecule has 1 saturated heterocycles. The molecule has 1 atom stereocenters. The predicted molar refractivity (Wildman–Crippen MR) is 65.6 cm³/mol. The second-order valence-corrected chi connectivity index (χ2v) is 4.40. The number of aliphatic carboxylic acids is 1. The summed E-state index contributed by atoms with van der Waals surface area (Å²) in [5.41, 5.74) is 0.782. The molecule has 6 heteroatoms. The molecular formula is C13H16FNO4. The van der Waals surface area contributed by atoms with Gasteiger partial charge in [-0.1, -0.05) is 6.07 Å². The van der Waals surface area contributed by atoms with Crippen molar-refractivity contribution < 1.29 is 23.8 Å². The second-order valence-electron chi connectivity index (χ2n) is 4.40. The zero-order chi connectivity index (χ0) is 13.8. The number of methoxy groups -OCH3 is 1. The SMILES string of the molecule is COc1ccc(CN2CCOC(C(=O)O)C2)cc1F. The van der Waals surface area contributed by atoms with Gasteiger partial charge < -0.3 is 14.6 Å². The van der Waals surface area contributed by atoms with Crippen LogP contribution in [0.5, 0.6) is 5.75 Å². The second kappa shape index (κ2) is 5.99. The summed E-state index contributed by atoms with van der Waals surface area (Å²) in [6.45, 7) is 1.81. The predicted octanol–water partition coefficient (Wildman–Crippen LogP) is 1.12. The van der Waals surface area contributed by atoms with Gasteiger partial charge in [0.05, 0.1) is 13.7 Å². The van der Waals surface area contributed by atoms with Gasteiger partial charge in [-0.2, -0.15) is 0 Å². The quantitative estimate of drug-likeness (QED) is 0.887. The first-order valence-electron chi connectivity index (χ1n) is 5.99. The van der Waals surface area contributed by atoms with Gasteiger partial charge in [0.1, 0.15) is 0 Å². The third-order valence-corrected chi connectivity index (χ3v) is 3.05. The van der Waals surface area contributed by atoms with Crippen LogP contribution >= 0.6 is 0 Å². The van der Waals surface area contributed by atoms with Crippen LogP contribution in [0.1, 0.15) is 5.56 Å². The molecule has 0 amide bonds. The average molecular weight is 269 g/mol. The fourth-order valence-corrected chi connectivity index (χ4v) is 2.06. The molecule has 1 fully saturated rings. The third-order valence-electron chi connectivity index (χ3n) is 3.05. The van der Waals surface area contributed by atoms with Gasteiger partial charge in [-0.15, -0.1) is 0 Å². The standard InChI is InChI=1S/C13H16FNO4/c1-18-11-3-2-9(6-10(11)14)7-15-4-5-19-12(8-15)13(16)17/h2-3,6,12H,4-5,7-8H2,1H3,(H,16,17). The minimum absolute atomic E-state index is 0.203. The molecule has 19 heavy (non-hydrogen) atoms. The van der Waals surface area contributed by atoms with Crippen molar-refractivity contribution in [1.82, 2.24) is 4.90 Å². The van der Waals surface area contributed by atoms with Gasteiger partial charge >= 0.3 is 5.97 Å². The zero-order valence-electron chi connectivity index (χ0n) is 10.6. The molecule has 1 heterocycles. The first kappa shape index (κ1) is 13.8. The monoisotopic (exact) mass is 269 g/mol. The van der Waals surface area contributed by atoms with E-state index in [2.05, 4.69) is 0 Å². The van der Waals surface area contributed by atoms with Crippen LogP contribution in [0.4, 0.5) is 4.39 Å². The normalized spacial score (nSPS) is 20.2. The van der Waals surface area contributed by atoms with Gasteiger partial charge in [0.2, 0.25) is 0 Å². The summed E-state index contributed by atoms with van der Waals surface area (Å²) in [4.78, 5) is 12.8. The van der Waals surface area contributed by atoms with E-state index in [1.165, 1.54) is 13.2 Å². The maximum atomic E-state index is 13.5. The summed E-state index contributed by atoms with van der Waals surface area (Å²) in [6.07, 6.45) is -0.808. The molecule has 0 aromatic heterocycles. The van der Waals surface area contributed by atoms with E-state index < -0.39 is 17.9 Å². The highest BCUT2D eigenvalue weighted by Gasteiger charge is 2.26. The fourth-order valence-electron chi connectivity index (χ4n) is 2.06. The molecule has 104 valence electrons. The van der Waals surface area contributed by atoms with Gasteiger partial charge in [0, 0.05) is 19.6 Å². The minimum atomic E-state index is -0.967. The first-order valence-corrected chi connectivity index (χ1v) is 5.99. The number of carboxylic acid groups (broad SMARTS) is 1. The molecule has 1 aromatic carbocycles. The van der Waals surface area contributed by atoms with Gasteiger partial charge in [-0.25, -0.2) is 9.18 Å². The third kappa shape index (κ3) is 3.42. The van der Waals surface area contributed by atoms with Gasteiger partial charge in [0.25, 0.3) is 0 Å². The molecular weight excluding hydrogens is 253 g/mol. The Bertz CT molecular complexity index is 466. The Morgan fingerprint density at radius 2 is 2.42 bits per heavy atom. The molecule has 0 saturated carbocycles. The Morgan fingerprint density at radius 3 is 3.05 bits per heavy atom. The fraction of sp³-hybridized carbons (Fsp3) is 0.462. The maximum Gasteiger partial charge on any atom is 0.334 e. The van der Waals surface area contributed by atoms with Crippen molar-refractivity contribution in [2.75, 3.05) is 26.8 Å². The Hall–Kier alpha value is -1.66. The lowest BCUT2D eigenvalue weighted by Crippen LogP contribution is -2.45. The molecule has 0 spiro atoms. The Morgan fingerprint density at radius 1 is 1.63 bits per heavy atom. The molecule has 0 aliphatic carbocycles. The highest BCUT2D eigenvalue weighted by molar-refractivity contribution is 5.72. The molecule has 1 aliphatic rings. The van der Waals surface area contributed by atoms with Crippen LogP contribution < -0.4 is 4.74 Å². The van der Waals surface area contributed by atoms with Crippen molar-refractivity contribution in [2.45, 2.75) is 12.6 Å². The van der Waals surface area contributed by atoms with E-state index in [-0.39, 0.29) is 5.75 Å². The van der Waals surface area contributed by atoms with Crippen molar-refractivity contribution in [2.24, 2.45) is 0 Å². The number of hydrogen-bond acceptors (Lipinski definition) is 4. The summed E-state index contributed by atoms with van der Waals surface area (Å²) >= 11 is 0. The van der Waals surface area contributed by atoms with E-state index >= 15 is 0 Å². The van der Waals surface area contributed by atoms with Gasteiger partial charge in [-0.3, -0.25) is 4.90 Å². The zero-order valence-corrected chi connectivity index (χ0v) is 10.6. The van der Waals surface area contributed by atoms with Crippen molar-refractivity contribution >= 4 is 5.97 Å². The van der Waals surface area contributed by atoms with Crippen LogP contribution in [-0.4, -0.2) is 48.9 Å². The molecule has 1 aromatic rings. The van der Waals surface area contributed by atoms with Crippen LogP contribution in [0.25, 0.3) is 0 Å². The highest BCUT2D eigenvalue weighted by Crippen LogP contribution is 2.19. The first-order chi connectivity index (χ1) is 9.10. The highest BCUT2D eigenvalue weighted by atomic mass is 19.1. The Balaban J connectivity index is 2.00. The maximum absolute atomic E-state index is 13.5. The van der Waals surface area contributed by atoms with Gasteiger partial charge in [0.15, 0.2) is 17.7 Å². The average Bonchev–Trinajstić information content (AvgIpc) is 2.39. The number of benzene rings is 1. The number of hydrogen-bond donors (Lipinski definition) is 1. The van der Waals surface area contributed by atoms with Crippen molar-refractivity contribution in [3.63, 3.8) is 0 Å². The van der Waals surface area contributed by atoms with Crippen molar-refractivity contribution in [1.29, 1.82) is 0 Å². The number of rotatable bonds is 4. The van der Waals surface area contributed by atoms with E-state index in [0.29, 0.717) is 26.2 Å². The van der Waals surface area contributed by atoms with Crippen molar-refractivity contribution in [3.05, 3.63) is 29.6 Å². The van der Waals surface area contributed by atoms with E-state index in [1.54, 1.807) is 12.1 Å². The molecule has 1 unspecified atom stereocenters. The van der Waals surface area contributed by atoms with E-state index in [1.807, 2.05) is 4.90 Å². The van der Waals surface area contributed by atoms with Crippen LogP contribution in [0, 0.1) is 5.82 Å². The van der Waals surface area contributed by atoms with E-state index in [9.17, 15) is 9.18 Å². The summed E-state index contributed by atoms with van der Waals surface area (Å²) in [6, 6.07) is 4.75. The van der Waals surface area contributed by atoms with Crippen molar-refractivity contribution in [3.8, 4) is 5.75 Å². The molecule has 0 bridgehead atoms. The lowest BCUT2D eigenvalue weighted by Gasteiger charge is -2.30. The number of carbonyl (C=O) groups is 1. The molecule has 1 N–H and O–H groups in total. The van der Waals surface area contributed by atoms with Gasteiger partial charge in [-0.05, 0) is 17.7 Å². The van der Waals surface area contributed by atoms with Crippen LogP contribution in [-0.2, 0) is 16.1 Å². The van der Waals surface area contributed by atoms with E-state index in [4.69, 9.17) is 14.6 Å². The Kier molecular flexibility index (Phi) is 4.34. The van der Waals surface area contributed by atoms with Crippen LogP contribution in [0.3, 0.4) is 0 Å². The summed E-state index contributed by atoms with van der Waals surface area (Å²) < 4.78 is 23.5. The largest absolute Gasteiger partial charge is 0.494 e. The topological polar surface area (TPSA) is 59.0 Å². The van der Waals surface area contributed by atoms with E-state index in [0.717, 1.165) is 5.56 Å². The molecule has 1 aliphatic heterocycles. The lowest BCUT2D eigenvalue weighted by atomic mass is 10.1.